The van der Waals surface area contributed by atoms with Crippen LogP contribution in [0.25, 0.3) is 42.0 Å². The maximum atomic E-state index is 2.41. The van der Waals surface area contributed by atoms with E-state index in [9.17, 15) is 0 Å². The Balaban J connectivity index is 1.91. The Morgan fingerprint density at radius 3 is 2.64 bits per heavy atom. The third kappa shape index (κ3) is 2.14. The predicted octanol–water partition coefficient (Wildman–Crippen LogP) is 7.04. The van der Waals surface area contributed by atoms with Gasteiger partial charge in [-0.15, -0.1) is 11.3 Å². The summed E-state index contributed by atoms with van der Waals surface area (Å²) in [5.41, 5.74) is 4.16. The average Bonchev–Trinajstić information content (AvgIpc) is 3.15. The van der Waals surface area contributed by atoms with Crippen LogP contribution >= 0.6 is 11.3 Å². The molecule has 5 rings (SSSR count). The van der Waals surface area contributed by atoms with E-state index in [-0.39, 0.29) is 0 Å². The summed E-state index contributed by atoms with van der Waals surface area (Å²) in [7, 11) is 2.21. The van der Waals surface area contributed by atoms with E-state index >= 15 is 0 Å². The van der Waals surface area contributed by atoms with E-state index in [2.05, 4.69) is 73.1 Å². The molecule has 0 bridgehead atoms. The third-order valence-electron chi connectivity index (χ3n) is 5.38. The summed E-state index contributed by atoms with van der Waals surface area (Å²) in [5.74, 6) is 0. The van der Waals surface area contributed by atoms with Crippen LogP contribution in [0.4, 0.5) is 0 Å². The number of aryl methyl sites for hydroxylation is 2. The predicted molar refractivity (Wildman–Crippen MR) is 112 cm³/mol. The molecule has 0 saturated carbocycles. The van der Waals surface area contributed by atoms with Gasteiger partial charge >= 0.3 is 0 Å². The fraction of sp³-hybridized carbons (Fsp3) is 0.217. The van der Waals surface area contributed by atoms with Crippen molar-refractivity contribution in [3.05, 3.63) is 60.2 Å². The molecule has 5 aromatic rings. The van der Waals surface area contributed by atoms with Gasteiger partial charge in [0.15, 0.2) is 0 Å². The van der Waals surface area contributed by atoms with Crippen molar-refractivity contribution < 1.29 is 0 Å². The second-order valence-corrected chi connectivity index (χ2v) is 8.03. The number of unbranched alkanes of at least 4 members (excludes halogenated alkanes) is 1. The molecule has 3 aromatic carbocycles. The molecule has 0 spiro atoms. The van der Waals surface area contributed by atoms with Crippen molar-refractivity contribution in [2.45, 2.75) is 26.2 Å². The van der Waals surface area contributed by atoms with E-state index in [4.69, 9.17) is 0 Å². The molecule has 0 aliphatic heterocycles. The number of hydrogen-bond donors (Lipinski definition) is 0. The van der Waals surface area contributed by atoms with Crippen molar-refractivity contribution in [1.29, 1.82) is 0 Å². The molecular weight excluding hydrogens is 322 g/mol. The highest BCUT2D eigenvalue weighted by molar-refractivity contribution is 7.26. The Kier molecular flexibility index (Phi) is 3.36. The Morgan fingerprint density at radius 2 is 1.76 bits per heavy atom. The van der Waals surface area contributed by atoms with Gasteiger partial charge in [0, 0.05) is 43.5 Å². The first-order valence-corrected chi connectivity index (χ1v) is 9.91. The zero-order valence-corrected chi connectivity index (χ0v) is 15.5. The van der Waals surface area contributed by atoms with Crippen LogP contribution < -0.4 is 0 Å². The molecule has 0 atom stereocenters. The van der Waals surface area contributed by atoms with Gasteiger partial charge in [0.25, 0.3) is 0 Å². The van der Waals surface area contributed by atoms with Crippen LogP contribution in [0.3, 0.4) is 0 Å². The number of nitrogens with zero attached hydrogens (tertiary/aromatic N) is 1. The van der Waals surface area contributed by atoms with Gasteiger partial charge in [0.1, 0.15) is 0 Å². The molecule has 0 amide bonds. The molecule has 0 aliphatic carbocycles. The highest BCUT2D eigenvalue weighted by Crippen LogP contribution is 2.41. The number of aromatic nitrogens is 1. The largest absolute Gasteiger partial charge is 0.343 e. The lowest BCUT2D eigenvalue weighted by Crippen LogP contribution is -1.88. The number of thiophene rings is 1. The van der Waals surface area contributed by atoms with E-state index in [0.29, 0.717) is 0 Å². The fourth-order valence-corrected chi connectivity index (χ4v) is 5.22. The van der Waals surface area contributed by atoms with Crippen LogP contribution in [0.2, 0.25) is 0 Å². The Labute approximate surface area is 151 Å². The van der Waals surface area contributed by atoms with E-state index in [0.717, 1.165) is 0 Å². The summed E-state index contributed by atoms with van der Waals surface area (Å²) in [4.78, 5) is 0. The maximum Gasteiger partial charge on any atom is 0.0583 e. The van der Waals surface area contributed by atoms with Crippen molar-refractivity contribution in [1.82, 2.24) is 4.57 Å². The van der Waals surface area contributed by atoms with Gasteiger partial charge in [-0.1, -0.05) is 43.7 Å². The second-order valence-electron chi connectivity index (χ2n) is 6.95. The standard InChI is InChI=1S/C23H21NS/c1-3-4-7-15-10-12-19-18(14-15)16-11-13-21-22(23(16)24(19)2)17-8-5-6-9-20(17)25-21/h5-6,8-14H,3-4,7H2,1-2H3. The van der Waals surface area contributed by atoms with E-state index in [1.54, 1.807) is 0 Å². The van der Waals surface area contributed by atoms with Gasteiger partial charge < -0.3 is 4.57 Å². The number of fused-ring (bicyclic) bond motifs is 7. The van der Waals surface area contributed by atoms with Crippen molar-refractivity contribution >= 4 is 53.3 Å². The average molecular weight is 343 g/mol. The summed E-state index contributed by atoms with van der Waals surface area (Å²) < 4.78 is 5.14. The fourth-order valence-electron chi connectivity index (χ4n) is 4.11. The minimum absolute atomic E-state index is 1.17. The number of hydrogen-bond acceptors (Lipinski definition) is 1. The van der Waals surface area contributed by atoms with E-state index < -0.39 is 0 Å². The first-order valence-electron chi connectivity index (χ1n) is 9.09. The van der Waals surface area contributed by atoms with Crippen molar-refractivity contribution in [3.63, 3.8) is 0 Å². The quantitative estimate of drug-likeness (QED) is 0.331. The Hall–Kier alpha value is -2.32. The first-order chi connectivity index (χ1) is 12.3. The minimum Gasteiger partial charge on any atom is -0.343 e. The molecular formula is C23H21NS. The second kappa shape index (κ2) is 5.60. The third-order valence-corrected chi connectivity index (χ3v) is 6.52. The zero-order valence-electron chi connectivity index (χ0n) is 14.7. The van der Waals surface area contributed by atoms with Gasteiger partial charge in [-0.05, 0) is 42.7 Å². The SMILES string of the molecule is CCCCc1ccc2c(c1)c1ccc3sc4ccccc4c3c1n2C. The molecule has 124 valence electrons. The molecule has 0 fully saturated rings. The van der Waals surface area contributed by atoms with Crippen LogP contribution in [0.5, 0.6) is 0 Å². The molecule has 2 heterocycles. The Morgan fingerprint density at radius 1 is 0.880 bits per heavy atom. The first kappa shape index (κ1) is 15.0. The summed E-state index contributed by atoms with van der Waals surface area (Å²) in [6.45, 7) is 2.26. The van der Waals surface area contributed by atoms with Gasteiger partial charge in [-0.3, -0.25) is 0 Å². The summed E-state index contributed by atoms with van der Waals surface area (Å²) >= 11 is 1.90. The normalized spacial score (nSPS) is 12.1. The molecule has 0 unspecified atom stereocenters. The zero-order chi connectivity index (χ0) is 17.0. The Bertz CT molecular complexity index is 1240. The van der Waals surface area contributed by atoms with Crippen LogP contribution in [0.1, 0.15) is 25.3 Å². The number of benzene rings is 3. The molecule has 25 heavy (non-hydrogen) atoms. The van der Waals surface area contributed by atoms with E-state index in [1.807, 2.05) is 11.3 Å². The smallest absolute Gasteiger partial charge is 0.0583 e. The molecule has 0 N–H and O–H groups in total. The lowest BCUT2D eigenvalue weighted by molar-refractivity contribution is 0.796. The van der Waals surface area contributed by atoms with Gasteiger partial charge in [0.2, 0.25) is 0 Å². The molecule has 0 saturated heterocycles. The highest BCUT2D eigenvalue weighted by Gasteiger charge is 2.15. The monoisotopic (exact) mass is 343 g/mol. The summed E-state index contributed by atoms with van der Waals surface area (Å²) in [6, 6.07) is 20.4. The van der Waals surface area contributed by atoms with Crippen LogP contribution in [-0.4, -0.2) is 4.57 Å². The number of rotatable bonds is 3. The summed E-state index contributed by atoms with van der Waals surface area (Å²) in [6.07, 6.45) is 3.68. The van der Waals surface area contributed by atoms with Crippen LogP contribution in [0, 0.1) is 0 Å². The van der Waals surface area contributed by atoms with Crippen molar-refractivity contribution in [2.24, 2.45) is 7.05 Å². The topological polar surface area (TPSA) is 4.93 Å². The van der Waals surface area contributed by atoms with Gasteiger partial charge in [-0.25, -0.2) is 0 Å². The molecule has 0 aliphatic rings. The molecule has 2 heteroatoms. The molecule has 0 radical (unpaired) electrons. The van der Waals surface area contributed by atoms with Crippen LogP contribution in [-0.2, 0) is 13.5 Å². The van der Waals surface area contributed by atoms with Crippen molar-refractivity contribution in [3.8, 4) is 0 Å². The van der Waals surface area contributed by atoms with Gasteiger partial charge in [0.05, 0.1) is 5.52 Å². The lowest BCUT2D eigenvalue weighted by Gasteiger charge is -2.02. The lowest BCUT2D eigenvalue weighted by atomic mass is 10.0. The minimum atomic E-state index is 1.17. The highest BCUT2D eigenvalue weighted by atomic mass is 32.1. The van der Waals surface area contributed by atoms with E-state index in [1.165, 1.54) is 66.8 Å². The van der Waals surface area contributed by atoms with Crippen molar-refractivity contribution in [2.75, 3.05) is 0 Å². The van der Waals surface area contributed by atoms with Gasteiger partial charge in [-0.2, -0.15) is 0 Å². The molecule has 1 nitrogen and oxygen atoms in total. The summed E-state index contributed by atoms with van der Waals surface area (Å²) in [5, 5.41) is 5.56. The maximum absolute atomic E-state index is 2.41. The van der Waals surface area contributed by atoms with Crippen LogP contribution in [0.15, 0.2) is 54.6 Å². The molecule has 2 aromatic heterocycles.